The molecule has 0 bridgehead atoms. The fraction of sp³-hybridized carbons (Fsp3) is 0.444. The summed E-state index contributed by atoms with van der Waals surface area (Å²) in [5.41, 5.74) is 0. The topological polar surface area (TPSA) is 88.1 Å². The second-order valence-corrected chi connectivity index (χ2v) is 9.19. The van der Waals surface area contributed by atoms with Crippen LogP contribution in [-0.4, -0.2) is 76.7 Å². The molecule has 3 rings (SSSR count). The van der Waals surface area contributed by atoms with E-state index < -0.39 is 0 Å². The molecule has 2 heterocycles. The van der Waals surface area contributed by atoms with Gasteiger partial charge >= 0.3 is 0 Å². The molecule has 1 fully saturated rings. The molecule has 8 nitrogen and oxygen atoms in total. The van der Waals surface area contributed by atoms with Gasteiger partial charge in [-0.25, -0.2) is 4.98 Å². The number of piperidine rings is 1. The van der Waals surface area contributed by atoms with E-state index in [0.29, 0.717) is 30.6 Å². The molecule has 1 saturated heterocycles. The first-order chi connectivity index (χ1) is 17.6. The molecule has 0 radical (unpaired) electrons. The zero-order valence-corrected chi connectivity index (χ0v) is 22.8. The first-order valence-corrected chi connectivity index (χ1v) is 12.9. The molecule has 0 saturated carbocycles. The maximum Gasteiger partial charge on any atom is 0.170 e. The molecule has 0 aliphatic carbocycles. The van der Waals surface area contributed by atoms with E-state index in [0.717, 1.165) is 35.8 Å². The molecule has 0 atom stereocenters. The van der Waals surface area contributed by atoms with Crippen LogP contribution >= 0.6 is 11.8 Å². The number of para-hydroxylation sites is 1. The third kappa shape index (κ3) is 13.9. The summed E-state index contributed by atoms with van der Waals surface area (Å²) in [5, 5.41) is 6.60. The van der Waals surface area contributed by atoms with Crippen molar-refractivity contribution in [3.05, 3.63) is 54.9 Å². The highest BCUT2D eigenvalue weighted by Gasteiger charge is 2.13. The summed E-state index contributed by atoms with van der Waals surface area (Å²) < 4.78 is 10.3. The van der Waals surface area contributed by atoms with E-state index in [1.165, 1.54) is 12.8 Å². The second-order valence-electron chi connectivity index (χ2n) is 8.02. The van der Waals surface area contributed by atoms with Gasteiger partial charge in [0.1, 0.15) is 12.0 Å². The van der Waals surface area contributed by atoms with Gasteiger partial charge in [0.25, 0.3) is 0 Å². The summed E-state index contributed by atoms with van der Waals surface area (Å²) in [7, 11) is 7.07. The van der Waals surface area contributed by atoms with Crippen molar-refractivity contribution >= 4 is 30.6 Å². The number of carbonyl (C=O) groups excluding carboxylic acids is 1. The summed E-state index contributed by atoms with van der Waals surface area (Å²) in [5.74, 6) is 3.47. The first-order valence-electron chi connectivity index (χ1n) is 11.9. The van der Waals surface area contributed by atoms with Crippen LogP contribution in [0.15, 0.2) is 64.8 Å². The third-order valence-electron chi connectivity index (χ3n) is 4.91. The molecule has 2 aromatic rings. The van der Waals surface area contributed by atoms with E-state index in [2.05, 4.69) is 50.1 Å². The van der Waals surface area contributed by atoms with Crippen LogP contribution in [0.4, 0.5) is 5.82 Å². The molecule has 36 heavy (non-hydrogen) atoms. The fourth-order valence-corrected chi connectivity index (χ4v) is 3.94. The van der Waals surface area contributed by atoms with Crippen molar-refractivity contribution < 1.29 is 14.3 Å². The first kappa shape index (κ1) is 31.2. The summed E-state index contributed by atoms with van der Waals surface area (Å²) in [6.45, 7) is 5.99. The van der Waals surface area contributed by atoms with Crippen LogP contribution in [0.2, 0.25) is 0 Å². The number of nitrogens with one attached hydrogen (secondary N) is 2. The number of aliphatic imine (C=N–C) groups is 1. The van der Waals surface area contributed by atoms with Gasteiger partial charge in [0.05, 0.1) is 6.67 Å². The maximum atomic E-state index is 10.6. The largest absolute Gasteiger partial charge is 0.453 e. The van der Waals surface area contributed by atoms with Crippen LogP contribution in [0.1, 0.15) is 19.3 Å². The van der Waals surface area contributed by atoms with Gasteiger partial charge in [-0.3, -0.25) is 0 Å². The number of allylic oxidation sites excluding steroid dienone is 1. The zero-order chi connectivity index (χ0) is 26.4. The quantitative estimate of drug-likeness (QED) is 0.143. The van der Waals surface area contributed by atoms with E-state index in [9.17, 15) is 4.79 Å². The van der Waals surface area contributed by atoms with Gasteiger partial charge in [-0.1, -0.05) is 24.3 Å². The SMILES string of the molecule is C=NC.CN1CCC(/C=C/NCNc2ncc(SCCC=O)cc2Oc2ccccc2)CC1.COC. The van der Waals surface area contributed by atoms with E-state index >= 15 is 0 Å². The van der Waals surface area contributed by atoms with Gasteiger partial charge in [-0.15, -0.1) is 11.8 Å². The second kappa shape index (κ2) is 20.3. The maximum absolute atomic E-state index is 10.6. The zero-order valence-electron chi connectivity index (χ0n) is 22.0. The van der Waals surface area contributed by atoms with E-state index in [1.807, 2.05) is 48.8 Å². The Kier molecular flexibility index (Phi) is 17.6. The number of anilines is 1. The van der Waals surface area contributed by atoms with Crippen LogP contribution in [0.25, 0.3) is 0 Å². The number of methoxy groups -OCH3 is 1. The number of pyridine rings is 1. The van der Waals surface area contributed by atoms with Gasteiger partial charge in [0.15, 0.2) is 11.6 Å². The van der Waals surface area contributed by atoms with Crippen molar-refractivity contribution in [1.29, 1.82) is 0 Å². The summed E-state index contributed by atoms with van der Waals surface area (Å²) in [4.78, 5) is 21.7. The highest BCUT2D eigenvalue weighted by molar-refractivity contribution is 7.99. The minimum atomic E-state index is 0.521. The third-order valence-corrected chi connectivity index (χ3v) is 5.91. The molecule has 0 spiro atoms. The number of hydrogen-bond donors (Lipinski definition) is 2. The average Bonchev–Trinajstić information content (AvgIpc) is 2.88. The number of ether oxygens (including phenoxy) is 2. The molecular weight excluding hydrogens is 474 g/mol. The number of thioether (sulfide) groups is 1. The van der Waals surface area contributed by atoms with Crippen molar-refractivity contribution in [2.75, 3.05) is 59.1 Å². The van der Waals surface area contributed by atoms with Crippen molar-refractivity contribution in [2.24, 2.45) is 10.9 Å². The van der Waals surface area contributed by atoms with Gasteiger partial charge < -0.3 is 34.8 Å². The number of aldehydes is 1. The molecule has 1 aromatic heterocycles. The number of aromatic nitrogens is 1. The molecule has 198 valence electrons. The van der Waals surface area contributed by atoms with Crippen molar-refractivity contribution in [3.63, 3.8) is 0 Å². The molecule has 1 aliphatic rings. The smallest absolute Gasteiger partial charge is 0.170 e. The lowest BCUT2D eigenvalue weighted by Gasteiger charge is -2.26. The van der Waals surface area contributed by atoms with Crippen LogP contribution in [0, 0.1) is 5.92 Å². The molecule has 1 aromatic carbocycles. The van der Waals surface area contributed by atoms with E-state index in [4.69, 9.17) is 4.74 Å². The predicted octanol–water partition coefficient (Wildman–Crippen LogP) is 4.95. The standard InChI is InChI=1S/C23H30N4O2S.C2H5N.C2H6O/c1-27-12-9-19(10-13-27)8-11-24-18-26-23-22(29-20-6-3-2-4-7-20)16-21(17-25-23)30-15-5-14-28;2*1-3-2/h2-4,6-8,11,14,16-17,19,24H,5,9-10,12-13,15,18H2,1H3,(H,25,26);1H2,2H3;1-2H3/b11-8+;;. The number of rotatable bonds is 11. The predicted molar refractivity (Wildman–Crippen MR) is 152 cm³/mol. The number of benzene rings is 1. The van der Waals surface area contributed by atoms with Gasteiger partial charge in [0, 0.05) is 44.5 Å². The van der Waals surface area contributed by atoms with Gasteiger partial charge in [-0.05, 0) is 70.0 Å². The molecule has 0 amide bonds. The van der Waals surface area contributed by atoms with Crippen LogP contribution < -0.4 is 15.4 Å². The summed E-state index contributed by atoms with van der Waals surface area (Å²) >= 11 is 1.59. The average molecular weight is 516 g/mol. The van der Waals surface area contributed by atoms with Crippen molar-refractivity contribution in [3.8, 4) is 11.5 Å². The Labute approximate surface area is 220 Å². The monoisotopic (exact) mass is 515 g/mol. The minimum absolute atomic E-state index is 0.521. The Bertz CT molecular complexity index is 875. The lowest BCUT2D eigenvalue weighted by Crippen LogP contribution is -2.29. The van der Waals surface area contributed by atoms with Crippen LogP contribution in [0.5, 0.6) is 11.5 Å². The van der Waals surface area contributed by atoms with Gasteiger partial charge in [-0.2, -0.15) is 0 Å². The van der Waals surface area contributed by atoms with E-state index in [1.54, 1.807) is 33.0 Å². The highest BCUT2D eigenvalue weighted by Crippen LogP contribution is 2.32. The number of likely N-dealkylation sites (tertiary alicyclic amines) is 1. The number of hydrogen-bond acceptors (Lipinski definition) is 9. The Hall–Kier alpha value is -2.88. The van der Waals surface area contributed by atoms with Crippen molar-refractivity contribution in [1.82, 2.24) is 15.2 Å². The van der Waals surface area contributed by atoms with Crippen LogP contribution in [0.3, 0.4) is 0 Å². The minimum Gasteiger partial charge on any atom is -0.453 e. The normalized spacial score (nSPS) is 13.6. The number of nitrogens with zero attached hydrogens (tertiary/aromatic N) is 3. The van der Waals surface area contributed by atoms with Gasteiger partial charge in [0.2, 0.25) is 0 Å². The Morgan fingerprint density at radius 3 is 2.56 bits per heavy atom. The van der Waals surface area contributed by atoms with Crippen molar-refractivity contribution in [2.45, 2.75) is 24.2 Å². The molecule has 9 heteroatoms. The Balaban J connectivity index is 0.000000982. The number of carbonyl (C=O) groups is 1. The van der Waals surface area contributed by atoms with E-state index in [-0.39, 0.29) is 0 Å². The highest BCUT2D eigenvalue weighted by atomic mass is 32.2. The summed E-state index contributed by atoms with van der Waals surface area (Å²) in [6, 6.07) is 11.6. The molecular formula is C27H41N5O3S. The molecule has 2 N–H and O–H groups in total. The molecule has 1 aliphatic heterocycles. The molecule has 0 unspecified atom stereocenters. The van der Waals surface area contributed by atoms with Crippen LogP contribution in [-0.2, 0) is 9.53 Å². The lowest BCUT2D eigenvalue weighted by atomic mass is 9.97. The summed E-state index contributed by atoms with van der Waals surface area (Å²) in [6.07, 6.45) is 9.98. The Morgan fingerprint density at radius 2 is 1.92 bits per heavy atom. The Morgan fingerprint density at radius 1 is 1.25 bits per heavy atom. The fourth-order valence-electron chi connectivity index (χ4n) is 3.18. The lowest BCUT2D eigenvalue weighted by molar-refractivity contribution is -0.107.